The van der Waals surface area contributed by atoms with Crippen LogP contribution in [0.15, 0.2) is 52.8 Å². The van der Waals surface area contributed by atoms with E-state index in [1.54, 1.807) is 6.07 Å². The monoisotopic (exact) mass is 472 g/mol. The smallest absolute Gasteiger partial charge is 0.417 e. The fraction of sp³-hybridized carbons (Fsp3) is 0.400. The van der Waals surface area contributed by atoms with Crippen LogP contribution in [-0.4, -0.2) is 17.3 Å². The molecule has 34 heavy (non-hydrogen) atoms. The number of nitrogens with zero attached hydrogens (tertiary/aromatic N) is 2. The van der Waals surface area contributed by atoms with Crippen LogP contribution in [0.5, 0.6) is 0 Å². The Balaban J connectivity index is 1.77. The van der Waals surface area contributed by atoms with Crippen molar-refractivity contribution in [2.75, 3.05) is 0 Å². The van der Waals surface area contributed by atoms with Crippen LogP contribution in [0.4, 0.5) is 13.2 Å². The Kier molecular flexibility index (Phi) is 5.59. The van der Waals surface area contributed by atoms with Gasteiger partial charge in [0.05, 0.1) is 5.57 Å². The minimum absolute atomic E-state index is 0.0314. The Morgan fingerprint density at radius 3 is 2.15 bits per heavy atom. The summed E-state index contributed by atoms with van der Waals surface area (Å²) in [6.45, 7) is 8.58. The maximum atomic E-state index is 14.1. The second kappa shape index (κ2) is 7.94. The number of hydrazine groups is 1. The highest BCUT2D eigenvalue weighted by atomic mass is 19.4. The molecular formula is C25H27F3N4O2. The third-order valence-corrected chi connectivity index (χ3v) is 6.90. The van der Waals surface area contributed by atoms with E-state index in [2.05, 4.69) is 49.0 Å². The van der Waals surface area contributed by atoms with Gasteiger partial charge in [0, 0.05) is 5.56 Å². The molecule has 4 rings (SSSR count). The molecule has 2 aromatic rings. The van der Waals surface area contributed by atoms with E-state index in [-0.39, 0.29) is 22.0 Å². The molecule has 1 heterocycles. The molecule has 2 aromatic carbocycles. The molecule has 0 radical (unpaired) electrons. The van der Waals surface area contributed by atoms with Crippen LogP contribution < -0.4 is 11.0 Å². The molecule has 1 unspecified atom stereocenters. The molecule has 9 heteroatoms. The van der Waals surface area contributed by atoms with Gasteiger partial charge in [-0.15, -0.1) is 5.11 Å². The summed E-state index contributed by atoms with van der Waals surface area (Å²) in [5.74, 6) is -1.33. The maximum absolute atomic E-state index is 14.1. The molecule has 1 aliphatic carbocycles. The zero-order valence-corrected chi connectivity index (χ0v) is 19.4. The van der Waals surface area contributed by atoms with Crippen LogP contribution in [0.1, 0.15) is 68.4 Å². The molecule has 2 aliphatic rings. The van der Waals surface area contributed by atoms with Gasteiger partial charge < -0.3 is 5.11 Å². The van der Waals surface area contributed by atoms with E-state index in [9.17, 15) is 23.1 Å². The van der Waals surface area contributed by atoms with Crippen molar-refractivity contribution in [2.45, 2.75) is 63.2 Å². The highest BCUT2D eigenvalue weighted by molar-refractivity contribution is 5.85. The van der Waals surface area contributed by atoms with Crippen molar-refractivity contribution < 1.29 is 23.1 Å². The first-order valence-electron chi connectivity index (χ1n) is 11.0. The van der Waals surface area contributed by atoms with Gasteiger partial charge in [-0.1, -0.05) is 75.4 Å². The van der Waals surface area contributed by atoms with Crippen molar-refractivity contribution in [1.82, 2.24) is 11.0 Å². The van der Waals surface area contributed by atoms with E-state index in [1.165, 1.54) is 29.8 Å². The summed E-state index contributed by atoms with van der Waals surface area (Å²) in [5, 5.41) is 16.6. The lowest BCUT2D eigenvalue weighted by Crippen LogP contribution is -2.48. The number of carboxylic acid groups (broad SMARTS) is 1. The van der Waals surface area contributed by atoms with Gasteiger partial charge in [-0.25, -0.2) is 10.3 Å². The van der Waals surface area contributed by atoms with Crippen LogP contribution in [-0.2, 0) is 21.3 Å². The number of alkyl halides is 3. The van der Waals surface area contributed by atoms with Gasteiger partial charge in [0.25, 0.3) is 5.66 Å². The number of benzene rings is 2. The van der Waals surface area contributed by atoms with E-state index in [1.807, 2.05) is 12.1 Å². The van der Waals surface area contributed by atoms with Crippen LogP contribution >= 0.6 is 0 Å². The number of nitrogens with one attached hydrogen (secondary N) is 2. The highest BCUT2D eigenvalue weighted by Gasteiger charge is 2.44. The average Bonchev–Trinajstić information content (AvgIpc) is 3.26. The molecule has 180 valence electrons. The standard InChI is InChI=1S/C25H27F3N4O2/c1-22(2)11-12-23(3,4)20-14-15(5-10-18(20)22)13-19(25(26,27)28)16-6-8-17(9-7-16)24(21(33)34)29-31-32-30-24/h5-10,13-14H,11-12H2,1-4H3,(H,29,32)(H,30,31)(H,33,34)/b19-13+. The first-order chi connectivity index (χ1) is 15.8. The molecule has 1 atom stereocenters. The summed E-state index contributed by atoms with van der Waals surface area (Å²) in [6.07, 6.45) is -1.48. The zero-order valence-electron chi connectivity index (χ0n) is 19.4. The number of rotatable bonds is 4. The summed E-state index contributed by atoms with van der Waals surface area (Å²) in [6, 6.07) is 10.7. The summed E-state index contributed by atoms with van der Waals surface area (Å²) in [4.78, 5) is 11.7. The predicted molar refractivity (Wildman–Crippen MR) is 123 cm³/mol. The van der Waals surface area contributed by atoms with Gasteiger partial charge >= 0.3 is 12.1 Å². The molecule has 6 nitrogen and oxygen atoms in total. The number of fused-ring (bicyclic) bond motifs is 1. The van der Waals surface area contributed by atoms with Crippen LogP contribution in [0, 0.1) is 0 Å². The molecule has 3 N–H and O–H groups in total. The van der Waals surface area contributed by atoms with Gasteiger partial charge in [0.2, 0.25) is 0 Å². The predicted octanol–water partition coefficient (Wildman–Crippen LogP) is 5.85. The molecule has 0 amide bonds. The molecule has 0 bridgehead atoms. The average molecular weight is 473 g/mol. The lowest BCUT2D eigenvalue weighted by atomic mass is 9.63. The van der Waals surface area contributed by atoms with Crippen LogP contribution in [0.3, 0.4) is 0 Å². The Labute approximate surface area is 195 Å². The fourth-order valence-corrected chi connectivity index (χ4v) is 4.66. The van der Waals surface area contributed by atoms with E-state index >= 15 is 0 Å². The SMILES string of the molecule is CC1(C)CCC(C)(C)c2cc(/C=C(\c3ccc(C4(C(=O)O)N=NNN4)cc3)C(F)(F)F)ccc21. The van der Waals surface area contributed by atoms with Gasteiger partial charge in [-0.3, -0.25) is 0 Å². The summed E-state index contributed by atoms with van der Waals surface area (Å²) < 4.78 is 42.3. The van der Waals surface area contributed by atoms with E-state index < -0.39 is 23.4 Å². The number of carboxylic acids is 1. The molecule has 0 saturated carbocycles. The lowest BCUT2D eigenvalue weighted by molar-refractivity contribution is -0.144. The van der Waals surface area contributed by atoms with Gasteiger partial charge in [0.1, 0.15) is 0 Å². The lowest BCUT2D eigenvalue weighted by Gasteiger charge is -2.42. The Hall–Kier alpha value is -3.20. The van der Waals surface area contributed by atoms with Gasteiger partial charge in [0.15, 0.2) is 0 Å². The third-order valence-electron chi connectivity index (χ3n) is 6.90. The van der Waals surface area contributed by atoms with Crippen molar-refractivity contribution >= 4 is 17.6 Å². The Morgan fingerprint density at radius 1 is 1.00 bits per heavy atom. The molecule has 0 aromatic heterocycles. The first kappa shape index (κ1) is 23.9. The Morgan fingerprint density at radius 2 is 1.62 bits per heavy atom. The minimum Gasteiger partial charge on any atom is -0.478 e. The summed E-state index contributed by atoms with van der Waals surface area (Å²) in [7, 11) is 0. The normalized spacial score (nSPS) is 23.3. The molecule has 1 aliphatic heterocycles. The summed E-state index contributed by atoms with van der Waals surface area (Å²) in [5.41, 5.74) is 4.62. The number of hydrogen-bond acceptors (Lipinski definition) is 5. The first-order valence-corrected chi connectivity index (χ1v) is 11.0. The number of hydrogen-bond donors (Lipinski definition) is 3. The van der Waals surface area contributed by atoms with E-state index in [0.29, 0.717) is 5.56 Å². The molecule has 0 saturated heterocycles. The second-order valence-electron chi connectivity index (χ2n) is 10.2. The third kappa shape index (κ3) is 4.09. The van der Waals surface area contributed by atoms with E-state index in [4.69, 9.17) is 0 Å². The number of allylic oxidation sites excluding steroid dienone is 1. The largest absolute Gasteiger partial charge is 0.478 e. The fourth-order valence-electron chi connectivity index (χ4n) is 4.66. The van der Waals surface area contributed by atoms with Crippen molar-refractivity contribution in [3.05, 3.63) is 70.3 Å². The maximum Gasteiger partial charge on any atom is 0.417 e. The second-order valence-corrected chi connectivity index (χ2v) is 10.2. The number of halogens is 3. The Bertz CT molecular complexity index is 1180. The van der Waals surface area contributed by atoms with Crippen molar-refractivity contribution in [2.24, 2.45) is 10.3 Å². The van der Waals surface area contributed by atoms with Gasteiger partial charge in [-0.2, -0.15) is 18.6 Å². The van der Waals surface area contributed by atoms with Gasteiger partial charge in [-0.05, 0) is 52.0 Å². The topological polar surface area (TPSA) is 86.1 Å². The molecular weight excluding hydrogens is 445 g/mol. The number of carbonyl (C=O) groups is 1. The highest BCUT2D eigenvalue weighted by Crippen LogP contribution is 2.46. The van der Waals surface area contributed by atoms with Crippen molar-refractivity contribution in [3.8, 4) is 0 Å². The van der Waals surface area contributed by atoms with Crippen molar-refractivity contribution in [3.63, 3.8) is 0 Å². The molecule has 0 spiro atoms. The molecule has 0 fully saturated rings. The van der Waals surface area contributed by atoms with E-state index in [0.717, 1.165) is 24.5 Å². The van der Waals surface area contributed by atoms with Crippen molar-refractivity contribution in [1.29, 1.82) is 0 Å². The minimum atomic E-state index is -4.61. The van der Waals surface area contributed by atoms with Crippen LogP contribution in [0.2, 0.25) is 0 Å². The number of aliphatic carboxylic acids is 1. The zero-order chi connectivity index (χ0) is 24.9. The summed E-state index contributed by atoms with van der Waals surface area (Å²) >= 11 is 0. The quantitative estimate of drug-likeness (QED) is 0.487. The van der Waals surface area contributed by atoms with Crippen LogP contribution in [0.25, 0.3) is 11.6 Å².